The number of carbonyl (C=O) groups excluding carboxylic acids is 1. The molecule has 1 amide bonds. The zero-order chi connectivity index (χ0) is 17.8. The molecule has 0 aliphatic carbocycles. The highest BCUT2D eigenvalue weighted by molar-refractivity contribution is 5.86. The van der Waals surface area contributed by atoms with Gasteiger partial charge in [0.1, 0.15) is 5.69 Å². The summed E-state index contributed by atoms with van der Waals surface area (Å²) in [7, 11) is 1.76. The van der Waals surface area contributed by atoms with Crippen molar-refractivity contribution in [2.24, 2.45) is 7.05 Å². The first-order valence-corrected chi connectivity index (χ1v) is 7.65. The van der Waals surface area contributed by atoms with E-state index in [9.17, 15) is 4.79 Å². The molecule has 0 saturated carbocycles. The highest BCUT2D eigenvalue weighted by Gasteiger charge is 2.13. The van der Waals surface area contributed by atoms with Crippen LogP contribution in [0.3, 0.4) is 0 Å². The Kier molecular flexibility index (Phi) is 4.60. The van der Waals surface area contributed by atoms with E-state index in [1.165, 1.54) is 0 Å². The monoisotopic (exact) mass is 338 g/mol. The van der Waals surface area contributed by atoms with Crippen LogP contribution in [0, 0.1) is 13.8 Å². The number of hydrogen-bond donors (Lipinski definition) is 2. The van der Waals surface area contributed by atoms with Crippen LogP contribution in [0.4, 0.5) is 22.0 Å². The van der Waals surface area contributed by atoms with E-state index in [-0.39, 0.29) is 5.88 Å². The van der Waals surface area contributed by atoms with Crippen molar-refractivity contribution >= 4 is 23.3 Å². The molecule has 0 fully saturated rings. The number of carbonyl (C=O) groups is 1. The second-order valence-corrected chi connectivity index (χ2v) is 5.51. The van der Waals surface area contributed by atoms with Gasteiger partial charge in [-0.15, -0.1) is 0 Å². The number of aromatic nitrogens is 4. The van der Waals surface area contributed by atoms with Gasteiger partial charge in [0.15, 0.2) is 5.82 Å². The Hall–Kier alpha value is -3.42. The molecule has 0 unspecified atom stereocenters. The molecule has 0 aliphatic heterocycles. The maximum Gasteiger partial charge on any atom is 0.419 e. The lowest BCUT2D eigenvalue weighted by molar-refractivity contribution is 0.213. The summed E-state index contributed by atoms with van der Waals surface area (Å²) in [6, 6.07) is 7.19. The SMILES string of the molecule is Cc1ccc(Nc2cnccc2C)c(OC(=O)Nc2ccn(C)n2)n1. The van der Waals surface area contributed by atoms with Crippen molar-refractivity contribution in [1.29, 1.82) is 0 Å². The molecule has 128 valence electrons. The third-order valence-electron chi connectivity index (χ3n) is 3.44. The average Bonchev–Trinajstić information content (AvgIpc) is 2.96. The first-order valence-electron chi connectivity index (χ1n) is 7.65. The fourth-order valence-corrected chi connectivity index (χ4v) is 2.15. The number of anilines is 3. The van der Waals surface area contributed by atoms with E-state index in [0.29, 0.717) is 11.5 Å². The van der Waals surface area contributed by atoms with E-state index >= 15 is 0 Å². The molecular formula is C17H18N6O2. The van der Waals surface area contributed by atoms with Gasteiger partial charge >= 0.3 is 6.09 Å². The summed E-state index contributed by atoms with van der Waals surface area (Å²) >= 11 is 0. The topological polar surface area (TPSA) is 94.0 Å². The molecule has 0 spiro atoms. The first-order chi connectivity index (χ1) is 12.0. The lowest BCUT2D eigenvalue weighted by Gasteiger charge is -2.13. The maximum absolute atomic E-state index is 12.1. The van der Waals surface area contributed by atoms with Crippen molar-refractivity contribution in [2.75, 3.05) is 10.6 Å². The molecule has 0 aromatic carbocycles. The third kappa shape index (κ3) is 4.11. The normalized spacial score (nSPS) is 10.4. The second-order valence-electron chi connectivity index (χ2n) is 5.51. The summed E-state index contributed by atoms with van der Waals surface area (Å²) in [5.41, 5.74) is 3.12. The number of nitrogens with zero attached hydrogens (tertiary/aromatic N) is 4. The van der Waals surface area contributed by atoms with Gasteiger partial charge in [-0.25, -0.2) is 9.78 Å². The summed E-state index contributed by atoms with van der Waals surface area (Å²) in [5.74, 6) is 0.578. The molecule has 0 aliphatic rings. The molecule has 8 nitrogen and oxygen atoms in total. The Morgan fingerprint density at radius 3 is 2.72 bits per heavy atom. The molecule has 0 radical (unpaired) electrons. The Morgan fingerprint density at radius 2 is 2.00 bits per heavy atom. The van der Waals surface area contributed by atoms with Gasteiger partial charge in [-0.2, -0.15) is 5.10 Å². The van der Waals surface area contributed by atoms with Gasteiger partial charge in [0.05, 0.1) is 11.9 Å². The summed E-state index contributed by atoms with van der Waals surface area (Å²) in [6.45, 7) is 3.78. The van der Waals surface area contributed by atoms with Gasteiger partial charge in [-0.05, 0) is 37.6 Å². The minimum absolute atomic E-state index is 0.177. The molecule has 3 aromatic rings. The maximum atomic E-state index is 12.1. The number of nitrogens with one attached hydrogen (secondary N) is 2. The minimum Gasteiger partial charge on any atom is -0.389 e. The van der Waals surface area contributed by atoms with E-state index in [1.54, 1.807) is 42.5 Å². The van der Waals surface area contributed by atoms with E-state index in [4.69, 9.17) is 4.74 Å². The van der Waals surface area contributed by atoms with Crippen LogP contribution in [0.25, 0.3) is 0 Å². The zero-order valence-corrected chi connectivity index (χ0v) is 14.1. The number of ether oxygens (including phenoxy) is 1. The Morgan fingerprint density at radius 1 is 1.16 bits per heavy atom. The van der Waals surface area contributed by atoms with E-state index in [2.05, 4.69) is 25.7 Å². The first kappa shape index (κ1) is 16.4. The standard InChI is InChI=1S/C17H18N6O2/c1-11-6-8-18-10-14(11)20-13-5-4-12(2)19-16(13)25-17(24)21-15-7-9-23(3)22-15/h4-10,20H,1-3H3,(H,21,22,24). The van der Waals surface area contributed by atoms with Gasteiger partial charge in [0.25, 0.3) is 0 Å². The van der Waals surface area contributed by atoms with E-state index in [0.717, 1.165) is 16.9 Å². The van der Waals surface area contributed by atoms with E-state index < -0.39 is 6.09 Å². The molecule has 0 saturated heterocycles. The molecule has 2 N–H and O–H groups in total. The van der Waals surface area contributed by atoms with Crippen molar-refractivity contribution in [1.82, 2.24) is 19.7 Å². The third-order valence-corrected chi connectivity index (χ3v) is 3.44. The Balaban J connectivity index is 1.79. The van der Waals surface area contributed by atoms with Crippen molar-refractivity contribution < 1.29 is 9.53 Å². The molecule has 8 heteroatoms. The second kappa shape index (κ2) is 7.00. The van der Waals surface area contributed by atoms with Gasteiger partial charge in [-0.3, -0.25) is 15.0 Å². The molecule has 0 atom stereocenters. The van der Waals surface area contributed by atoms with Crippen molar-refractivity contribution in [3.05, 3.63) is 54.1 Å². The predicted molar refractivity (Wildman–Crippen MR) is 94.1 cm³/mol. The van der Waals surface area contributed by atoms with Crippen molar-refractivity contribution in [3.8, 4) is 5.88 Å². The van der Waals surface area contributed by atoms with Crippen LogP contribution in [0.5, 0.6) is 5.88 Å². The number of hydrogen-bond acceptors (Lipinski definition) is 6. The van der Waals surface area contributed by atoms with Crippen LogP contribution in [0.15, 0.2) is 42.9 Å². The molecule has 3 rings (SSSR count). The Labute approximate surface area is 144 Å². The number of rotatable bonds is 4. The highest BCUT2D eigenvalue weighted by Crippen LogP contribution is 2.27. The van der Waals surface area contributed by atoms with Crippen LogP contribution < -0.4 is 15.4 Å². The summed E-state index contributed by atoms with van der Waals surface area (Å²) < 4.78 is 6.94. The average molecular weight is 338 g/mol. The van der Waals surface area contributed by atoms with Gasteiger partial charge in [0.2, 0.25) is 5.88 Å². The van der Waals surface area contributed by atoms with Crippen molar-refractivity contribution in [3.63, 3.8) is 0 Å². The zero-order valence-electron chi connectivity index (χ0n) is 14.1. The van der Waals surface area contributed by atoms with Crippen LogP contribution in [-0.2, 0) is 7.05 Å². The smallest absolute Gasteiger partial charge is 0.389 e. The lowest BCUT2D eigenvalue weighted by Crippen LogP contribution is -2.18. The van der Waals surface area contributed by atoms with Crippen LogP contribution in [0.2, 0.25) is 0 Å². The quantitative estimate of drug-likeness (QED) is 0.759. The van der Waals surface area contributed by atoms with Crippen LogP contribution in [-0.4, -0.2) is 25.8 Å². The van der Waals surface area contributed by atoms with Gasteiger partial charge < -0.3 is 10.1 Å². The van der Waals surface area contributed by atoms with Crippen molar-refractivity contribution in [2.45, 2.75) is 13.8 Å². The van der Waals surface area contributed by atoms with Gasteiger partial charge in [-0.1, -0.05) is 0 Å². The lowest BCUT2D eigenvalue weighted by atomic mass is 10.2. The number of amides is 1. The molecule has 3 heterocycles. The van der Waals surface area contributed by atoms with Gasteiger partial charge in [0, 0.05) is 31.2 Å². The molecule has 3 aromatic heterocycles. The van der Waals surface area contributed by atoms with Crippen LogP contribution >= 0.6 is 0 Å². The minimum atomic E-state index is -0.664. The number of pyridine rings is 2. The summed E-state index contributed by atoms with van der Waals surface area (Å²) in [4.78, 5) is 20.5. The summed E-state index contributed by atoms with van der Waals surface area (Å²) in [5, 5.41) is 9.82. The highest BCUT2D eigenvalue weighted by atomic mass is 16.6. The predicted octanol–water partition coefficient (Wildman–Crippen LogP) is 3.18. The Bertz CT molecular complexity index is 906. The van der Waals surface area contributed by atoms with E-state index in [1.807, 2.05) is 26.0 Å². The summed E-state index contributed by atoms with van der Waals surface area (Å²) in [6.07, 6.45) is 4.47. The fourth-order valence-electron chi connectivity index (χ4n) is 2.15. The largest absolute Gasteiger partial charge is 0.419 e. The number of aryl methyl sites for hydroxylation is 3. The van der Waals surface area contributed by atoms with Crippen LogP contribution in [0.1, 0.15) is 11.3 Å². The molecule has 0 bridgehead atoms. The molecular weight excluding hydrogens is 320 g/mol. The molecule has 25 heavy (non-hydrogen) atoms. The fraction of sp³-hybridized carbons (Fsp3) is 0.176.